The molecular formula is C28H28N4O2. The number of carbonyl (C=O) groups is 1. The topological polar surface area (TPSA) is 58.4 Å². The molecule has 1 amide bonds. The molecule has 4 aromatic rings. The molecule has 6 heteroatoms. The summed E-state index contributed by atoms with van der Waals surface area (Å²) in [6, 6.07) is 26.5. The van der Waals surface area contributed by atoms with Gasteiger partial charge in [-0.3, -0.25) is 19.1 Å². The molecule has 0 bridgehead atoms. The Balaban J connectivity index is 1.39. The number of carbonyl (C=O) groups excluding carboxylic acids is 1. The SMILES string of the molecule is CCn1c(=O)c(C(=O)N2CCN(C(c3ccccc3)c3ccccc3)CC2)cc2cccnc21. The van der Waals surface area contributed by atoms with E-state index in [2.05, 4.69) is 58.4 Å². The fourth-order valence-electron chi connectivity index (χ4n) is 4.89. The first kappa shape index (κ1) is 22.0. The number of piperazine rings is 1. The summed E-state index contributed by atoms with van der Waals surface area (Å²) in [6.07, 6.45) is 1.67. The van der Waals surface area contributed by atoms with Crippen molar-refractivity contribution in [1.82, 2.24) is 19.4 Å². The molecule has 5 rings (SSSR count). The number of nitrogens with zero attached hydrogens (tertiary/aromatic N) is 4. The maximum absolute atomic E-state index is 13.4. The lowest BCUT2D eigenvalue weighted by molar-refractivity contribution is 0.0595. The fraction of sp³-hybridized carbons (Fsp3) is 0.250. The Morgan fingerprint density at radius 2 is 1.50 bits per heavy atom. The Morgan fingerprint density at radius 3 is 2.09 bits per heavy atom. The van der Waals surface area contributed by atoms with Gasteiger partial charge in [0.25, 0.3) is 11.5 Å². The molecule has 0 aliphatic carbocycles. The molecule has 0 unspecified atom stereocenters. The van der Waals surface area contributed by atoms with Crippen molar-refractivity contribution in [2.45, 2.75) is 19.5 Å². The maximum atomic E-state index is 13.4. The van der Waals surface area contributed by atoms with Crippen LogP contribution in [-0.4, -0.2) is 51.4 Å². The molecule has 1 saturated heterocycles. The lowest BCUT2D eigenvalue weighted by Gasteiger charge is -2.39. The molecule has 0 saturated carbocycles. The molecule has 1 aliphatic rings. The van der Waals surface area contributed by atoms with Gasteiger partial charge in [-0.25, -0.2) is 4.98 Å². The van der Waals surface area contributed by atoms with Crippen molar-refractivity contribution < 1.29 is 4.79 Å². The minimum absolute atomic E-state index is 0.128. The number of rotatable bonds is 5. The number of hydrogen-bond donors (Lipinski definition) is 0. The van der Waals surface area contributed by atoms with Crippen molar-refractivity contribution in [3.63, 3.8) is 0 Å². The fourth-order valence-corrected chi connectivity index (χ4v) is 4.89. The molecular weight excluding hydrogens is 424 g/mol. The van der Waals surface area contributed by atoms with Crippen LogP contribution in [0.25, 0.3) is 11.0 Å². The van der Waals surface area contributed by atoms with Crippen molar-refractivity contribution in [2.24, 2.45) is 0 Å². The standard InChI is InChI=1S/C28H28N4O2/c1-2-32-26-23(14-9-15-29-26)20-24(28(32)34)27(33)31-18-16-30(17-19-31)25(21-10-5-3-6-11-21)22-12-7-4-8-13-22/h3-15,20,25H,2,16-19H2,1H3. The molecule has 1 fully saturated rings. The summed E-state index contributed by atoms with van der Waals surface area (Å²) in [5, 5.41) is 0.805. The third-order valence-electron chi connectivity index (χ3n) is 6.59. The first-order chi connectivity index (χ1) is 16.7. The first-order valence-electron chi connectivity index (χ1n) is 11.8. The van der Waals surface area contributed by atoms with Crippen LogP contribution < -0.4 is 5.56 Å². The second-order valence-corrected chi connectivity index (χ2v) is 8.58. The van der Waals surface area contributed by atoms with Gasteiger partial charge < -0.3 is 4.90 Å². The molecule has 1 aliphatic heterocycles. The zero-order valence-corrected chi connectivity index (χ0v) is 19.3. The van der Waals surface area contributed by atoms with Crippen molar-refractivity contribution in [3.05, 3.63) is 112 Å². The van der Waals surface area contributed by atoms with Gasteiger partial charge in [0.05, 0.1) is 6.04 Å². The number of pyridine rings is 2. The van der Waals surface area contributed by atoms with E-state index in [0.717, 1.165) is 18.5 Å². The number of aryl methyl sites for hydroxylation is 1. The molecule has 172 valence electrons. The van der Waals surface area contributed by atoms with Gasteiger partial charge in [-0.15, -0.1) is 0 Å². The Bertz CT molecular complexity index is 1300. The van der Waals surface area contributed by atoms with Crippen LogP contribution in [0.1, 0.15) is 34.5 Å². The molecule has 0 radical (unpaired) electrons. The van der Waals surface area contributed by atoms with Crippen molar-refractivity contribution in [3.8, 4) is 0 Å². The summed E-state index contributed by atoms with van der Waals surface area (Å²) >= 11 is 0. The Hall–Kier alpha value is -3.77. The Morgan fingerprint density at radius 1 is 0.882 bits per heavy atom. The highest BCUT2D eigenvalue weighted by Gasteiger charge is 2.29. The zero-order chi connectivity index (χ0) is 23.5. The number of amides is 1. The van der Waals surface area contributed by atoms with E-state index in [1.165, 1.54) is 11.1 Å². The van der Waals surface area contributed by atoms with Crippen LogP contribution in [-0.2, 0) is 6.54 Å². The van der Waals surface area contributed by atoms with E-state index in [-0.39, 0.29) is 23.1 Å². The zero-order valence-electron chi connectivity index (χ0n) is 19.3. The average molecular weight is 453 g/mol. The Labute approximate surface area is 199 Å². The molecule has 3 heterocycles. The summed E-state index contributed by atoms with van der Waals surface area (Å²) < 4.78 is 1.58. The van der Waals surface area contributed by atoms with E-state index in [1.807, 2.05) is 36.1 Å². The number of aromatic nitrogens is 2. The van der Waals surface area contributed by atoms with Crippen molar-refractivity contribution in [2.75, 3.05) is 26.2 Å². The van der Waals surface area contributed by atoms with Gasteiger partial charge in [0.1, 0.15) is 11.2 Å². The third kappa shape index (κ3) is 4.13. The van der Waals surface area contributed by atoms with E-state index >= 15 is 0 Å². The normalized spacial score (nSPS) is 14.6. The van der Waals surface area contributed by atoms with E-state index in [0.29, 0.717) is 25.3 Å². The van der Waals surface area contributed by atoms with Gasteiger partial charge >= 0.3 is 0 Å². The van der Waals surface area contributed by atoms with Gasteiger partial charge in [-0.2, -0.15) is 0 Å². The molecule has 0 N–H and O–H groups in total. The van der Waals surface area contributed by atoms with Crippen LogP contribution in [0, 0.1) is 0 Å². The maximum Gasteiger partial charge on any atom is 0.265 e. The summed E-state index contributed by atoms with van der Waals surface area (Å²) in [5.41, 5.74) is 3.04. The van der Waals surface area contributed by atoms with Crippen LogP contribution >= 0.6 is 0 Å². The van der Waals surface area contributed by atoms with E-state index in [9.17, 15) is 9.59 Å². The molecule has 0 spiro atoms. The molecule has 2 aromatic heterocycles. The molecule has 2 aromatic carbocycles. The highest BCUT2D eigenvalue weighted by Crippen LogP contribution is 2.29. The van der Waals surface area contributed by atoms with Crippen molar-refractivity contribution >= 4 is 16.9 Å². The number of fused-ring (bicyclic) bond motifs is 1. The average Bonchev–Trinajstić information content (AvgIpc) is 2.90. The van der Waals surface area contributed by atoms with Crippen LogP contribution in [0.3, 0.4) is 0 Å². The summed E-state index contributed by atoms with van der Waals surface area (Å²) in [4.78, 5) is 35.1. The predicted octanol–water partition coefficient (Wildman–Crippen LogP) is 3.96. The minimum Gasteiger partial charge on any atom is -0.336 e. The van der Waals surface area contributed by atoms with Crippen LogP contribution in [0.5, 0.6) is 0 Å². The van der Waals surface area contributed by atoms with Crippen LogP contribution in [0.15, 0.2) is 89.9 Å². The lowest BCUT2D eigenvalue weighted by atomic mass is 9.96. The van der Waals surface area contributed by atoms with Gasteiger partial charge in [-0.05, 0) is 36.2 Å². The van der Waals surface area contributed by atoms with Gasteiger partial charge in [-0.1, -0.05) is 60.7 Å². The third-order valence-corrected chi connectivity index (χ3v) is 6.59. The largest absolute Gasteiger partial charge is 0.336 e. The molecule has 34 heavy (non-hydrogen) atoms. The van der Waals surface area contributed by atoms with E-state index in [4.69, 9.17) is 0 Å². The second-order valence-electron chi connectivity index (χ2n) is 8.58. The summed E-state index contributed by atoms with van der Waals surface area (Å²) in [7, 11) is 0. The lowest BCUT2D eigenvalue weighted by Crippen LogP contribution is -2.50. The monoisotopic (exact) mass is 452 g/mol. The number of benzene rings is 2. The molecule has 6 nitrogen and oxygen atoms in total. The number of hydrogen-bond acceptors (Lipinski definition) is 4. The smallest absolute Gasteiger partial charge is 0.265 e. The summed E-state index contributed by atoms with van der Waals surface area (Å²) in [5.74, 6) is -0.200. The Kier molecular flexibility index (Phi) is 6.23. The van der Waals surface area contributed by atoms with Gasteiger partial charge in [0.15, 0.2) is 0 Å². The predicted molar refractivity (Wildman–Crippen MR) is 134 cm³/mol. The van der Waals surface area contributed by atoms with Gasteiger partial charge in [0, 0.05) is 44.3 Å². The highest BCUT2D eigenvalue weighted by molar-refractivity contribution is 5.97. The first-order valence-corrected chi connectivity index (χ1v) is 11.8. The van der Waals surface area contributed by atoms with Crippen molar-refractivity contribution in [1.29, 1.82) is 0 Å². The quantitative estimate of drug-likeness (QED) is 0.460. The molecule has 0 atom stereocenters. The summed E-state index contributed by atoms with van der Waals surface area (Å²) in [6.45, 7) is 4.98. The van der Waals surface area contributed by atoms with Crippen LogP contribution in [0.4, 0.5) is 0 Å². The van der Waals surface area contributed by atoms with E-state index < -0.39 is 0 Å². The van der Waals surface area contributed by atoms with Crippen LogP contribution in [0.2, 0.25) is 0 Å². The highest BCUT2D eigenvalue weighted by atomic mass is 16.2. The van der Waals surface area contributed by atoms with E-state index in [1.54, 1.807) is 16.8 Å². The van der Waals surface area contributed by atoms with Gasteiger partial charge in [0.2, 0.25) is 0 Å². The minimum atomic E-state index is -0.271. The second kappa shape index (κ2) is 9.61.